The minimum Gasteiger partial charge on any atom is -0.314 e. The first kappa shape index (κ1) is 16.1. The maximum Gasteiger partial charge on any atom is 0.293 e. The number of nitrogens with zero attached hydrogens (tertiary/aromatic N) is 3. The Hall–Kier alpha value is -2.80. The Bertz CT molecular complexity index is 975. The van der Waals surface area contributed by atoms with Gasteiger partial charge in [0.1, 0.15) is 10.7 Å². The maximum absolute atomic E-state index is 12.3. The zero-order valence-corrected chi connectivity index (χ0v) is 14.3. The largest absolute Gasteiger partial charge is 0.314 e. The van der Waals surface area contributed by atoms with E-state index < -0.39 is 5.91 Å². The molecule has 122 valence electrons. The van der Waals surface area contributed by atoms with Crippen molar-refractivity contribution < 1.29 is 4.79 Å². The summed E-state index contributed by atoms with van der Waals surface area (Å²) in [6.07, 6.45) is 2.98. The number of carbonyl (C=O) groups is 1. The van der Waals surface area contributed by atoms with Gasteiger partial charge in [-0.2, -0.15) is 0 Å². The number of anilines is 1. The molecule has 0 aliphatic carbocycles. The molecule has 0 spiro atoms. The normalized spacial score (nSPS) is 10.6. The Kier molecular flexibility index (Phi) is 4.26. The first-order valence-electron chi connectivity index (χ1n) is 7.32. The Balaban J connectivity index is 1.86. The van der Waals surface area contributed by atoms with Crippen LogP contribution < -0.4 is 10.9 Å². The van der Waals surface area contributed by atoms with Crippen LogP contribution in [0.5, 0.6) is 0 Å². The van der Waals surface area contributed by atoms with Crippen LogP contribution in [0.15, 0.2) is 40.8 Å². The molecule has 0 atom stereocenters. The van der Waals surface area contributed by atoms with E-state index in [4.69, 9.17) is 0 Å². The zero-order valence-electron chi connectivity index (χ0n) is 13.5. The number of benzene rings is 1. The number of aromatic nitrogens is 3. The minimum absolute atomic E-state index is 0.00827. The van der Waals surface area contributed by atoms with Crippen LogP contribution in [0.1, 0.15) is 21.6 Å². The smallest absolute Gasteiger partial charge is 0.293 e. The second-order valence-corrected chi connectivity index (χ2v) is 6.36. The van der Waals surface area contributed by atoms with E-state index in [0.717, 1.165) is 16.1 Å². The highest BCUT2D eigenvalue weighted by atomic mass is 32.1. The lowest BCUT2D eigenvalue weighted by Crippen LogP contribution is -2.25. The van der Waals surface area contributed by atoms with E-state index in [1.807, 2.05) is 26.0 Å². The van der Waals surface area contributed by atoms with Gasteiger partial charge < -0.3 is 9.88 Å². The molecule has 0 unspecified atom stereocenters. The summed E-state index contributed by atoms with van der Waals surface area (Å²) < 4.78 is 1.35. The molecule has 3 rings (SSSR count). The topological polar surface area (TPSA) is 76.9 Å². The molecule has 1 N–H and O–H groups in total. The van der Waals surface area contributed by atoms with Gasteiger partial charge in [-0.15, -0.1) is 11.3 Å². The van der Waals surface area contributed by atoms with E-state index >= 15 is 0 Å². The summed E-state index contributed by atoms with van der Waals surface area (Å²) >= 11 is 1.39. The monoisotopic (exact) mass is 340 g/mol. The molecule has 2 aromatic heterocycles. The van der Waals surface area contributed by atoms with Gasteiger partial charge in [-0.25, -0.2) is 9.97 Å². The van der Waals surface area contributed by atoms with E-state index in [1.54, 1.807) is 12.4 Å². The predicted octanol–water partition coefficient (Wildman–Crippen LogP) is 2.77. The van der Waals surface area contributed by atoms with Crippen LogP contribution in [0.25, 0.3) is 10.6 Å². The van der Waals surface area contributed by atoms with Crippen molar-refractivity contribution in [3.05, 3.63) is 63.1 Å². The molecular weight excluding hydrogens is 324 g/mol. The average Bonchev–Trinajstić information content (AvgIpc) is 3.01. The molecule has 0 saturated heterocycles. The van der Waals surface area contributed by atoms with Crippen molar-refractivity contribution in [3.8, 4) is 10.6 Å². The number of aryl methyl sites for hydroxylation is 3. The van der Waals surface area contributed by atoms with Gasteiger partial charge in [0, 0.05) is 30.4 Å². The van der Waals surface area contributed by atoms with Crippen molar-refractivity contribution in [2.24, 2.45) is 7.05 Å². The SMILES string of the molecule is Cc1ccc(-c2nc(C(=O)Nc3nccn(C)c3=O)cs2)c(C)c1. The van der Waals surface area contributed by atoms with E-state index in [2.05, 4.69) is 21.4 Å². The van der Waals surface area contributed by atoms with Crippen LogP contribution in [0, 0.1) is 13.8 Å². The van der Waals surface area contributed by atoms with Gasteiger partial charge >= 0.3 is 0 Å². The third-order valence-corrected chi connectivity index (χ3v) is 4.47. The summed E-state index contributed by atoms with van der Waals surface area (Å²) in [6, 6.07) is 6.09. The third kappa shape index (κ3) is 3.11. The lowest BCUT2D eigenvalue weighted by atomic mass is 10.1. The molecule has 0 aliphatic heterocycles. The van der Waals surface area contributed by atoms with Gasteiger partial charge in [-0.3, -0.25) is 9.59 Å². The average molecular weight is 340 g/mol. The molecule has 6 nitrogen and oxygen atoms in total. The molecule has 0 radical (unpaired) electrons. The van der Waals surface area contributed by atoms with Gasteiger partial charge in [-0.05, 0) is 19.4 Å². The standard InChI is InChI=1S/C17H16N4O2S/c1-10-4-5-12(11(2)8-10)16-19-13(9-24-16)15(22)20-14-17(23)21(3)7-6-18-14/h4-9H,1-3H3,(H,18,20,22). The lowest BCUT2D eigenvalue weighted by molar-refractivity contribution is 0.102. The van der Waals surface area contributed by atoms with Crippen LogP contribution in [0.4, 0.5) is 5.82 Å². The summed E-state index contributed by atoms with van der Waals surface area (Å²) in [5.41, 5.74) is 3.18. The van der Waals surface area contributed by atoms with Crippen LogP contribution in [0.2, 0.25) is 0 Å². The number of rotatable bonds is 3. The van der Waals surface area contributed by atoms with Crippen molar-refractivity contribution in [1.82, 2.24) is 14.5 Å². The fraction of sp³-hybridized carbons (Fsp3) is 0.176. The van der Waals surface area contributed by atoms with Gasteiger partial charge in [-0.1, -0.05) is 23.8 Å². The Morgan fingerprint density at radius 2 is 2.08 bits per heavy atom. The van der Waals surface area contributed by atoms with Crippen molar-refractivity contribution in [1.29, 1.82) is 0 Å². The first-order chi connectivity index (χ1) is 11.5. The summed E-state index contributed by atoms with van der Waals surface area (Å²) in [4.78, 5) is 32.5. The van der Waals surface area contributed by atoms with Gasteiger partial charge in [0.15, 0.2) is 5.82 Å². The van der Waals surface area contributed by atoms with Gasteiger partial charge in [0.25, 0.3) is 11.5 Å². The van der Waals surface area contributed by atoms with Crippen LogP contribution in [-0.2, 0) is 7.05 Å². The Morgan fingerprint density at radius 3 is 2.83 bits per heavy atom. The molecule has 24 heavy (non-hydrogen) atoms. The Labute approximate surface area is 142 Å². The molecule has 0 fully saturated rings. The fourth-order valence-electron chi connectivity index (χ4n) is 2.31. The highest BCUT2D eigenvalue weighted by Crippen LogP contribution is 2.27. The summed E-state index contributed by atoms with van der Waals surface area (Å²) in [6.45, 7) is 4.05. The second-order valence-electron chi connectivity index (χ2n) is 5.50. The van der Waals surface area contributed by atoms with Crippen molar-refractivity contribution in [2.45, 2.75) is 13.8 Å². The quantitative estimate of drug-likeness (QED) is 0.795. The fourth-order valence-corrected chi connectivity index (χ4v) is 3.20. The molecule has 2 heterocycles. The molecule has 7 heteroatoms. The summed E-state index contributed by atoms with van der Waals surface area (Å²) in [5.74, 6) is -0.455. The molecule has 1 aromatic carbocycles. The highest BCUT2D eigenvalue weighted by molar-refractivity contribution is 7.13. The van der Waals surface area contributed by atoms with Crippen LogP contribution in [0.3, 0.4) is 0 Å². The Morgan fingerprint density at radius 1 is 1.29 bits per heavy atom. The van der Waals surface area contributed by atoms with E-state index in [-0.39, 0.29) is 17.1 Å². The van der Waals surface area contributed by atoms with Gasteiger partial charge in [0.05, 0.1) is 0 Å². The van der Waals surface area contributed by atoms with Gasteiger partial charge in [0.2, 0.25) is 0 Å². The third-order valence-electron chi connectivity index (χ3n) is 3.60. The number of nitrogens with one attached hydrogen (secondary N) is 1. The lowest BCUT2D eigenvalue weighted by Gasteiger charge is -2.04. The molecule has 0 saturated carbocycles. The summed E-state index contributed by atoms with van der Waals surface area (Å²) in [7, 11) is 1.60. The molecule has 1 amide bonds. The number of hydrogen-bond acceptors (Lipinski definition) is 5. The minimum atomic E-state index is -0.446. The van der Waals surface area contributed by atoms with Crippen molar-refractivity contribution in [2.75, 3.05) is 5.32 Å². The molecule has 0 aliphatic rings. The van der Waals surface area contributed by atoms with Crippen LogP contribution >= 0.6 is 11.3 Å². The van der Waals surface area contributed by atoms with Crippen LogP contribution in [-0.4, -0.2) is 20.4 Å². The number of amides is 1. The molecule has 0 bridgehead atoms. The zero-order chi connectivity index (χ0) is 17.3. The number of carbonyl (C=O) groups excluding carboxylic acids is 1. The van der Waals surface area contributed by atoms with Crippen molar-refractivity contribution >= 4 is 23.1 Å². The second kappa shape index (κ2) is 6.37. The van der Waals surface area contributed by atoms with E-state index in [0.29, 0.717) is 0 Å². The maximum atomic E-state index is 12.3. The van der Waals surface area contributed by atoms with E-state index in [1.165, 1.54) is 33.9 Å². The molecule has 3 aromatic rings. The molecular formula is C17H16N4O2S. The first-order valence-corrected chi connectivity index (χ1v) is 8.20. The number of hydrogen-bond donors (Lipinski definition) is 1. The predicted molar refractivity (Wildman–Crippen MR) is 94.5 cm³/mol. The highest BCUT2D eigenvalue weighted by Gasteiger charge is 2.15. The van der Waals surface area contributed by atoms with Crippen molar-refractivity contribution in [3.63, 3.8) is 0 Å². The van der Waals surface area contributed by atoms with E-state index in [9.17, 15) is 9.59 Å². The number of thiazole rings is 1. The summed E-state index contributed by atoms with van der Waals surface area (Å²) in [5, 5.41) is 4.96.